The largest absolute Gasteiger partial charge is 0.237 e. The van der Waals surface area contributed by atoms with Crippen molar-refractivity contribution in [3.05, 3.63) is 75.6 Å². The van der Waals surface area contributed by atoms with Crippen molar-refractivity contribution in [1.82, 2.24) is 4.98 Å². The van der Waals surface area contributed by atoms with Crippen LogP contribution in [0.25, 0.3) is 23.4 Å². The van der Waals surface area contributed by atoms with E-state index in [1.54, 1.807) is 17.4 Å². The van der Waals surface area contributed by atoms with Gasteiger partial charge in [-0.2, -0.15) is 5.26 Å². The fraction of sp³-hybridized carbons (Fsp3) is 0.0526. The zero-order chi connectivity index (χ0) is 15.4. The summed E-state index contributed by atoms with van der Waals surface area (Å²) in [5, 5.41) is 11.9. The molecule has 1 aromatic heterocycles. The highest BCUT2D eigenvalue weighted by Crippen LogP contribution is 2.23. The van der Waals surface area contributed by atoms with Gasteiger partial charge in [-0.05, 0) is 30.7 Å². The van der Waals surface area contributed by atoms with Crippen LogP contribution in [0.1, 0.15) is 21.7 Å². The molecule has 2 nitrogen and oxygen atoms in total. The standard InChI is InChI=1S/C19H14N2S/c1-14-5-8-17(9-6-14)18-13-22-19(21-18)10-7-15-3-2-4-16(11-15)12-20/h2-11,13H,1H3/b10-7+. The fourth-order valence-corrected chi connectivity index (χ4v) is 2.82. The minimum atomic E-state index is 0.668. The molecule has 0 aliphatic rings. The predicted octanol–water partition coefficient (Wildman–Crippen LogP) is 5.16. The molecule has 0 saturated carbocycles. The summed E-state index contributed by atoms with van der Waals surface area (Å²) in [7, 11) is 0. The lowest BCUT2D eigenvalue weighted by Crippen LogP contribution is -1.79. The van der Waals surface area contributed by atoms with E-state index in [0.29, 0.717) is 5.56 Å². The normalized spacial score (nSPS) is 10.7. The SMILES string of the molecule is Cc1ccc(-c2csc(/C=C/c3cccc(C#N)c3)n2)cc1. The molecule has 106 valence electrons. The van der Waals surface area contributed by atoms with Crippen LogP contribution in [0.3, 0.4) is 0 Å². The Hall–Kier alpha value is -2.70. The van der Waals surface area contributed by atoms with Crippen molar-refractivity contribution in [2.45, 2.75) is 6.92 Å². The highest BCUT2D eigenvalue weighted by molar-refractivity contribution is 7.10. The molecule has 0 aliphatic heterocycles. The summed E-state index contributed by atoms with van der Waals surface area (Å²) in [5.74, 6) is 0. The smallest absolute Gasteiger partial charge is 0.116 e. The van der Waals surface area contributed by atoms with Gasteiger partial charge >= 0.3 is 0 Å². The van der Waals surface area contributed by atoms with Gasteiger partial charge in [0.25, 0.3) is 0 Å². The molecule has 22 heavy (non-hydrogen) atoms. The molecule has 3 aromatic rings. The minimum absolute atomic E-state index is 0.668. The molecule has 0 radical (unpaired) electrons. The van der Waals surface area contributed by atoms with Gasteiger partial charge in [0.2, 0.25) is 0 Å². The summed E-state index contributed by atoms with van der Waals surface area (Å²) in [4.78, 5) is 4.63. The summed E-state index contributed by atoms with van der Waals surface area (Å²) in [6.07, 6.45) is 3.97. The van der Waals surface area contributed by atoms with E-state index < -0.39 is 0 Å². The number of nitriles is 1. The van der Waals surface area contributed by atoms with Crippen LogP contribution in [-0.4, -0.2) is 4.98 Å². The lowest BCUT2D eigenvalue weighted by molar-refractivity contribution is 1.37. The Labute approximate surface area is 134 Å². The Bertz CT molecular complexity index is 852. The van der Waals surface area contributed by atoms with E-state index in [4.69, 9.17) is 5.26 Å². The van der Waals surface area contributed by atoms with E-state index in [2.05, 4.69) is 47.6 Å². The lowest BCUT2D eigenvalue weighted by atomic mass is 10.1. The first-order valence-electron chi connectivity index (χ1n) is 6.95. The molecule has 1 heterocycles. The number of hydrogen-bond acceptors (Lipinski definition) is 3. The van der Waals surface area contributed by atoms with Crippen LogP contribution in [0.5, 0.6) is 0 Å². The van der Waals surface area contributed by atoms with E-state index in [0.717, 1.165) is 21.8 Å². The number of aryl methyl sites for hydroxylation is 1. The highest BCUT2D eigenvalue weighted by atomic mass is 32.1. The molecule has 0 aliphatic carbocycles. The van der Waals surface area contributed by atoms with Crippen LogP contribution in [-0.2, 0) is 0 Å². The number of thiazole rings is 1. The fourth-order valence-electron chi connectivity index (χ4n) is 2.10. The zero-order valence-electron chi connectivity index (χ0n) is 12.2. The van der Waals surface area contributed by atoms with Gasteiger partial charge in [-0.3, -0.25) is 0 Å². The van der Waals surface area contributed by atoms with Gasteiger partial charge in [-0.1, -0.05) is 48.0 Å². The van der Waals surface area contributed by atoms with Crippen LogP contribution in [0.4, 0.5) is 0 Å². The third-order valence-corrected chi connectivity index (χ3v) is 4.11. The third-order valence-electron chi connectivity index (χ3n) is 3.30. The Morgan fingerprint density at radius 1 is 1.09 bits per heavy atom. The van der Waals surface area contributed by atoms with Gasteiger partial charge in [0.15, 0.2) is 0 Å². The van der Waals surface area contributed by atoms with E-state index in [9.17, 15) is 0 Å². The zero-order valence-corrected chi connectivity index (χ0v) is 13.0. The summed E-state index contributed by atoms with van der Waals surface area (Å²) in [6, 6.07) is 18.1. The van der Waals surface area contributed by atoms with Crippen LogP contribution < -0.4 is 0 Å². The van der Waals surface area contributed by atoms with Crippen LogP contribution in [0.15, 0.2) is 53.9 Å². The molecule has 0 saturated heterocycles. The maximum Gasteiger partial charge on any atom is 0.116 e. The molecular formula is C19H14N2S. The molecule has 0 spiro atoms. The first-order valence-corrected chi connectivity index (χ1v) is 7.83. The van der Waals surface area contributed by atoms with Crippen molar-refractivity contribution in [2.75, 3.05) is 0 Å². The van der Waals surface area contributed by atoms with Crippen LogP contribution in [0.2, 0.25) is 0 Å². The molecule has 0 bridgehead atoms. The van der Waals surface area contributed by atoms with Gasteiger partial charge in [0.05, 0.1) is 17.3 Å². The van der Waals surface area contributed by atoms with Crippen molar-refractivity contribution in [1.29, 1.82) is 5.26 Å². The Morgan fingerprint density at radius 3 is 2.68 bits per heavy atom. The van der Waals surface area contributed by atoms with Gasteiger partial charge in [0.1, 0.15) is 5.01 Å². The number of benzene rings is 2. The second-order valence-electron chi connectivity index (χ2n) is 5.01. The van der Waals surface area contributed by atoms with Crippen LogP contribution in [0, 0.1) is 18.3 Å². The number of rotatable bonds is 3. The average molecular weight is 302 g/mol. The quantitative estimate of drug-likeness (QED) is 0.670. The van der Waals surface area contributed by atoms with Gasteiger partial charge < -0.3 is 0 Å². The van der Waals surface area contributed by atoms with Crippen LogP contribution >= 0.6 is 11.3 Å². The Kier molecular flexibility index (Phi) is 4.13. The van der Waals surface area contributed by atoms with Crippen molar-refractivity contribution in [2.24, 2.45) is 0 Å². The monoisotopic (exact) mass is 302 g/mol. The molecule has 0 fully saturated rings. The maximum atomic E-state index is 8.91. The number of aromatic nitrogens is 1. The molecule has 0 amide bonds. The first-order chi connectivity index (χ1) is 10.7. The Morgan fingerprint density at radius 2 is 1.91 bits per heavy atom. The van der Waals surface area contributed by atoms with Gasteiger partial charge in [-0.15, -0.1) is 11.3 Å². The summed E-state index contributed by atoms with van der Waals surface area (Å²) >= 11 is 1.61. The van der Waals surface area contributed by atoms with E-state index in [1.807, 2.05) is 30.4 Å². The maximum absolute atomic E-state index is 8.91. The van der Waals surface area contributed by atoms with E-state index in [1.165, 1.54) is 5.56 Å². The average Bonchev–Trinajstić information content (AvgIpc) is 3.03. The Balaban J connectivity index is 1.80. The minimum Gasteiger partial charge on any atom is -0.237 e. The molecule has 3 heteroatoms. The third kappa shape index (κ3) is 3.30. The molecule has 0 atom stereocenters. The van der Waals surface area contributed by atoms with Crippen molar-refractivity contribution in [3.8, 4) is 17.3 Å². The van der Waals surface area contributed by atoms with E-state index in [-0.39, 0.29) is 0 Å². The summed E-state index contributed by atoms with van der Waals surface area (Å²) < 4.78 is 0. The summed E-state index contributed by atoms with van der Waals surface area (Å²) in [5.41, 5.74) is 5.05. The van der Waals surface area contributed by atoms with Crippen molar-refractivity contribution in [3.63, 3.8) is 0 Å². The second-order valence-corrected chi connectivity index (χ2v) is 5.90. The topological polar surface area (TPSA) is 36.7 Å². The highest BCUT2D eigenvalue weighted by Gasteiger charge is 2.02. The van der Waals surface area contributed by atoms with Gasteiger partial charge in [-0.25, -0.2) is 4.98 Å². The molecule has 3 rings (SSSR count). The molecule has 2 aromatic carbocycles. The second kappa shape index (κ2) is 6.38. The molecule has 0 unspecified atom stereocenters. The number of hydrogen-bond donors (Lipinski definition) is 0. The van der Waals surface area contributed by atoms with Gasteiger partial charge in [0, 0.05) is 10.9 Å². The first kappa shape index (κ1) is 14.2. The van der Waals surface area contributed by atoms with E-state index >= 15 is 0 Å². The molecule has 0 N–H and O–H groups in total. The van der Waals surface area contributed by atoms with Crippen molar-refractivity contribution < 1.29 is 0 Å². The predicted molar refractivity (Wildman–Crippen MR) is 92.4 cm³/mol. The lowest BCUT2D eigenvalue weighted by Gasteiger charge is -1.96. The number of nitrogens with zero attached hydrogens (tertiary/aromatic N) is 2. The van der Waals surface area contributed by atoms with Crippen molar-refractivity contribution >= 4 is 23.5 Å². The summed E-state index contributed by atoms with van der Waals surface area (Å²) in [6.45, 7) is 2.08. The molecular weight excluding hydrogens is 288 g/mol.